The van der Waals surface area contributed by atoms with E-state index in [-0.39, 0.29) is 0 Å². The molecule has 0 amide bonds. The smallest absolute Gasteiger partial charge is 0.119 e. The molecule has 0 saturated carbocycles. The first-order valence-corrected chi connectivity index (χ1v) is 9.40. The molecule has 0 aliphatic carbocycles. The van der Waals surface area contributed by atoms with Crippen LogP contribution in [0.15, 0.2) is 55.1 Å². The van der Waals surface area contributed by atoms with E-state index in [1.54, 1.807) is 0 Å². The van der Waals surface area contributed by atoms with Gasteiger partial charge in [0.15, 0.2) is 0 Å². The van der Waals surface area contributed by atoms with Gasteiger partial charge in [-0.15, -0.1) is 0 Å². The van der Waals surface area contributed by atoms with Crippen LogP contribution in [0.2, 0.25) is 0 Å². The summed E-state index contributed by atoms with van der Waals surface area (Å²) < 4.78 is 11.3. The predicted octanol–water partition coefficient (Wildman–Crippen LogP) is 6.11. The average Bonchev–Trinajstić information content (AvgIpc) is 2.68. The first-order chi connectivity index (χ1) is 12.7. The van der Waals surface area contributed by atoms with Crippen molar-refractivity contribution in [3.05, 3.63) is 66.2 Å². The lowest BCUT2D eigenvalue weighted by Gasteiger charge is -2.06. The van der Waals surface area contributed by atoms with Gasteiger partial charge in [0.05, 0.1) is 13.2 Å². The Morgan fingerprint density at radius 2 is 1.31 bits per heavy atom. The summed E-state index contributed by atoms with van der Waals surface area (Å²) in [6, 6.07) is 15.8. The van der Waals surface area contributed by atoms with E-state index in [0.29, 0.717) is 0 Å². The molecule has 0 spiro atoms. The lowest BCUT2D eigenvalue weighted by Crippen LogP contribution is -1.96. The Morgan fingerprint density at radius 3 is 1.81 bits per heavy atom. The van der Waals surface area contributed by atoms with Crippen LogP contribution in [0.3, 0.4) is 0 Å². The van der Waals surface area contributed by atoms with Crippen molar-refractivity contribution in [2.24, 2.45) is 0 Å². The molecule has 2 nitrogen and oxygen atoms in total. The molecule has 26 heavy (non-hydrogen) atoms. The van der Waals surface area contributed by atoms with Crippen LogP contribution in [0.1, 0.15) is 50.7 Å². The van der Waals surface area contributed by atoms with Crippen molar-refractivity contribution in [3.8, 4) is 23.3 Å². The summed E-state index contributed by atoms with van der Waals surface area (Å²) in [5.41, 5.74) is 2.77. The Kier molecular flexibility index (Phi) is 8.36. The second kappa shape index (κ2) is 11.1. The largest absolute Gasteiger partial charge is 0.494 e. The van der Waals surface area contributed by atoms with Gasteiger partial charge in [-0.1, -0.05) is 57.2 Å². The molecule has 2 aromatic rings. The molecule has 0 saturated heterocycles. The Bertz CT molecular complexity index is 731. The van der Waals surface area contributed by atoms with Gasteiger partial charge in [0, 0.05) is 11.1 Å². The molecule has 2 rings (SSSR count). The van der Waals surface area contributed by atoms with E-state index >= 15 is 0 Å². The van der Waals surface area contributed by atoms with Gasteiger partial charge in [-0.05, 0) is 54.8 Å². The van der Waals surface area contributed by atoms with E-state index < -0.39 is 0 Å². The minimum absolute atomic E-state index is 0.759. The summed E-state index contributed by atoms with van der Waals surface area (Å²) in [5, 5.41) is 0. The number of hydrogen-bond acceptors (Lipinski definition) is 2. The maximum atomic E-state index is 5.68. The summed E-state index contributed by atoms with van der Waals surface area (Å²) in [4.78, 5) is 0. The molecule has 0 atom stereocenters. The van der Waals surface area contributed by atoms with E-state index in [4.69, 9.17) is 9.47 Å². The molecule has 0 aliphatic rings. The number of benzene rings is 2. The summed E-state index contributed by atoms with van der Waals surface area (Å²) >= 11 is 0. The van der Waals surface area contributed by atoms with Crippen LogP contribution in [0.4, 0.5) is 0 Å². The van der Waals surface area contributed by atoms with Crippen molar-refractivity contribution in [1.82, 2.24) is 0 Å². The van der Waals surface area contributed by atoms with Gasteiger partial charge in [-0.3, -0.25) is 0 Å². The fourth-order valence-corrected chi connectivity index (χ4v) is 2.28. The second-order valence-corrected chi connectivity index (χ2v) is 6.18. The van der Waals surface area contributed by atoms with Gasteiger partial charge in [-0.25, -0.2) is 0 Å². The van der Waals surface area contributed by atoms with E-state index in [1.807, 2.05) is 48.5 Å². The summed E-state index contributed by atoms with van der Waals surface area (Å²) in [6.07, 6.45) is 4.42. The molecule has 0 aromatic heterocycles. The minimum Gasteiger partial charge on any atom is -0.494 e. The lowest BCUT2D eigenvalue weighted by atomic mass is 10.1. The quantitative estimate of drug-likeness (QED) is 0.402. The average molecular weight is 348 g/mol. The molecule has 2 aromatic carbocycles. The molecule has 0 bridgehead atoms. The molecular weight excluding hydrogens is 320 g/mol. The zero-order valence-corrected chi connectivity index (χ0v) is 15.9. The maximum absolute atomic E-state index is 5.68. The van der Waals surface area contributed by atoms with Crippen LogP contribution in [0.5, 0.6) is 11.5 Å². The van der Waals surface area contributed by atoms with Crippen LogP contribution in [-0.2, 0) is 0 Å². The standard InChI is InChI=1S/C24H28O2/c1-4-6-18-25-23-14-10-21(11-15-23)9-8-20(3)22-12-16-24(17-13-22)26-19-7-5-2/h10-17H,3-7,18-19H2,1-2H3. The second-order valence-electron chi connectivity index (χ2n) is 6.18. The van der Waals surface area contributed by atoms with Gasteiger partial charge in [0.25, 0.3) is 0 Å². The fraction of sp³-hybridized carbons (Fsp3) is 0.333. The Balaban J connectivity index is 1.91. The summed E-state index contributed by atoms with van der Waals surface area (Å²) in [6.45, 7) is 9.90. The molecule has 136 valence electrons. The van der Waals surface area contributed by atoms with Crippen molar-refractivity contribution in [3.63, 3.8) is 0 Å². The lowest BCUT2D eigenvalue weighted by molar-refractivity contribution is 0.309. The first-order valence-electron chi connectivity index (χ1n) is 9.40. The van der Waals surface area contributed by atoms with Gasteiger partial charge < -0.3 is 9.47 Å². The fourth-order valence-electron chi connectivity index (χ4n) is 2.28. The molecule has 2 heteroatoms. The SMILES string of the molecule is C=C(C#Cc1ccc(OCCCC)cc1)c1ccc(OCCCC)cc1. The zero-order chi connectivity index (χ0) is 18.6. The van der Waals surface area contributed by atoms with Crippen LogP contribution in [-0.4, -0.2) is 13.2 Å². The highest BCUT2D eigenvalue weighted by Crippen LogP contribution is 2.18. The number of unbranched alkanes of at least 4 members (excludes halogenated alkanes) is 2. The highest BCUT2D eigenvalue weighted by Gasteiger charge is 1.98. The molecule has 0 radical (unpaired) electrons. The third kappa shape index (κ3) is 6.69. The van der Waals surface area contributed by atoms with Crippen LogP contribution < -0.4 is 9.47 Å². The van der Waals surface area contributed by atoms with Gasteiger partial charge >= 0.3 is 0 Å². The van der Waals surface area contributed by atoms with Crippen LogP contribution in [0.25, 0.3) is 5.57 Å². The normalized spacial score (nSPS) is 9.92. The Morgan fingerprint density at radius 1 is 0.808 bits per heavy atom. The number of allylic oxidation sites excluding steroid dienone is 1. The molecule has 0 N–H and O–H groups in total. The van der Waals surface area contributed by atoms with Gasteiger partial charge in [0.2, 0.25) is 0 Å². The van der Waals surface area contributed by atoms with Crippen molar-refractivity contribution < 1.29 is 9.47 Å². The summed E-state index contributed by atoms with van der Waals surface area (Å²) in [5.74, 6) is 8.07. The molecule has 0 aliphatic heterocycles. The highest BCUT2D eigenvalue weighted by atomic mass is 16.5. The predicted molar refractivity (Wildman–Crippen MR) is 110 cm³/mol. The van der Waals surface area contributed by atoms with Crippen molar-refractivity contribution >= 4 is 5.57 Å². The van der Waals surface area contributed by atoms with Crippen molar-refractivity contribution in [2.45, 2.75) is 39.5 Å². The number of ether oxygens (including phenoxy) is 2. The monoisotopic (exact) mass is 348 g/mol. The number of rotatable bonds is 9. The maximum Gasteiger partial charge on any atom is 0.119 e. The highest BCUT2D eigenvalue weighted by molar-refractivity contribution is 5.78. The first kappa shape index (κ1) is 19.7. The van der Waals surface area contributed by atoms with E-state index in [1.165, 1.54) is 0 Å². The van der Waals surface area contributed by atoms with E-state index in [2.05, 4.69) is 32.3 Å². The third-order valence-corrected chi connectivity index (χ3v) is 3.95. The molecule has 0 heterocycles. The van der Waals surface area contributed by atoms with E-state index in [9.17, 15) is 0 Å². The van der Waals surface area contributed by atoms with Crippen molar-refractivity contribution in [1.29, 1.82) is 0 Å². The van der Waals surface area contributed by atoms with E-state index in [0.717, 1.165) is 67.1 Å². The van der Waals surface area contributed by atoms with Crippen LogP contribution >= 0.6 is 0 Å². The molecule has 0 fully saturated rings. The van der Waals surface area contributed by atoms with Crippen molar-refractivity contribution in [2.75, 3.05) is 13.2 Å². The molecular formula is C24H28O2. The van der Waals surface area contributed by atoms with Crippen LogP contribution in [0, 0.1) is 11.8 Å². The zero-order valence-electron chi connectivity index (χ0n) is 15.9. The Labute approximate surface area is 157 Å². The summed E-state index contributed by atoms with van der Waals surface area (Å²) in [7, 11) is 0. The topological polar surface area (TPSA) is 18.5 Å². The molecule has 0 unspecified atom stereocenters. The third-order valence-electron chi connectivity index (χ3n) is 3.95. The minimum atomic E-state index is 0.759. The Hall–Kier alpha value is -2.66. The number of hydrogen-bond donors (Lipinski definition) is 0. The van der Waals surface area contributed by atoms with Gasteiger partial charge in [0.1, 0.15) is 11.5 Å². The van der Waals surface area contributed by atoms with Gasteiger partial charge in [-0.2, -0.15) is 0 Å².